The Morgan fingerprint density at radius 2 is 1.92 bits per heavy atom. The van der Waals surface area contributed by atoms with Crippen molar-refractivity contribution >= 4 is 0 Å². The zero-order valence-electron chi connectivity index (χ0n) is 7.08. The van der Waals surface area contributed by atoms with Crippen molar-refractivity contribution in [1.29, 1.82) is 0 Å². The molecule has 0 spiro atoms. The first-order chi connectivity index (χ1) is 5.56. The molecule has 0 radical (unpaired) electrons. The van der Waals surface area contributed by atoms with Crippen molar-refractivity contribution in [3.05, 3.63) is 0 Å². The summed E-state index contributed by atoms with van der Waals surface area (Å²) in [6.45, 7) is 3.15. The van der Waals surface area contributed by atoms with Crippen LogP contribution in [-0.4, -0.2) is 26.1 Å². The third kappa shape index (κ3) is 9.71. The van der Waals surface area contributed by atoms with Crippen LogP contribution >= 0.6 is 0 Å². The summed E-state index contributed by atoms with van der Waals surface area (Å²) in [4.78, 5) is 0. The van der Waals surface area contributed by atoms with Crippen molar-refractivity contribution in [2.75, 3.05) is 19.7 Å². The van der Waals surface area contributed by atoms with Gasteiger partial charge in [-0.3, -0.25) is 4.74 Å². The Labute approximate surface area is 70.1 Å². The van der Waals surface area contributed by atoms with Gasteiger partial charge in [0.25, 0.3) is 0 Å². The predicted octanol–water partition coefficient (Wildman–Crippen LogP) is 1.91. The summed E-state index contributed by atoms with van der Waals surface area (Å²) >= 11 is 0. The van der Waals surface area contributed by atoms with Crippen molar-refractivity contribution < 1.29 is 17.9 Å². The fourth-order valence-corrected chi connectivity index (χ4v) is 0.687. The van der Waals surface area contributed by atoms with Crippen LogP contribution in [0.5, 0.6) is 0 Å². The molecule has 2 nitrogen and oxygen atoms in total. The molecular weight excluding hydrogens is 171 g/mol. The lowest BCUT2D eigenvalue weighted by Gasteiger charge is -2.07. The van der Waals surface area contributed by atoms with Gasteiger partial charge in [-0.1, -0.05) is 6.92 Å². The third-order valence-corrected chi connectivity index (χ3v) is 1.19. The number of rotatable bonds is 6. The SMILES string of the molecule is CCCNCCCOC(F)(F)F. The van der Waals surface area contributed by atoms with Crippen LogP contribution in [0.15, 0.2) is 0 Å². The van der Waals surface area contributed by atoms with Gasteiger partial charge >= 0.3 is 6.36 Å². The van der Waals surface area contributed by atoms with Crippen molar-refractivity contribution in [2.24, 2.45) is 0 Å². The van der Waals surface area contributed by atoms with Gasteiger partial charge in [0.2, 0.25) is 0 Å². The largest absolute Gasteiger partial charge is 0.522 e. The summed E-state index contributed by atoms with van der Waals surface area (Å²) in [7, 11) is 0. The van der Waals surface area contributed by atoms with Crippen LogP contribution in [0.25, 0.3) is 0 Å². The van der Waals surface area contributed by atoms with Gasteiger partial charge < -0.3 is 5.32 Å². The second kappa shape index (κ2) is 6.25. The molecule has 0 aliphatic carbocycles. The lowest BCUT2D eigenvalue weighted by Crippen LogP contribution is -2.20. The highest BCUT2D eigenvalue weighted by Crippen LogP contribution is 2.15. The smallest absolute Gasteiger partial charge is 0.317 e. The maximum atomic E-state index is 11.4. The molecule has 0 amide bonds. The van der Waals surface area contributed by atoms with E-state index in [1.54, 1.807) is 0 Å². The molecule has 0 fully saturated rings. The van der Waals surface area contributed by atoms with Crippen LogP contribution in [0.3, 0.4) is 0 Å². The van der Waals surface area contributed by atoms with Crippen molar-refractivity contribution in [3.8, 4) is 0 Å². The van der Waals surface area contributed by atoms with Gasteiger partial charge in [-0.15, -0.1) is 13.2 Å². The molecule has 0 aromatic rings. The first kappa shape index (κ1) is 11.7. The van der Waals surface area contributed by atoms with Gasteiger partial charge in [-0.05, 0) is 25.9 Å². The van der Waals surface area contributed by atoms with Gasteiger partial charge in [0.05, 0.1) is 6.61 Å². The van der Waals surface area contributed by atoms with Gasteiger partial charge in [0.1, 0.15) is 0 Å². The standard InChI is InChI=1S/C7H14F3NO/c1-2-4-11-5-3-6-12-7(8,9)10/h11H,2-6H2,1H3. The summed E-state index contributed by atoms with van der Waals surface area (Å²) in [5, 5.41) is 2.97. The number of halogens is 3. The average molecular weight is 185 g/mol. The highest BCUT2D eigenvalue weighted by Gasteiger charge is 2.28. The summed E-state index contributed by atoms with van der Waals surface area (Å²) in [6, 6.07) is 0. The highest BCUT2D eigenvalue weighted by molar-refractivity contribution is 4.45. The van der Waals surface area contributed by atoms with Crippen LogP contribution in [0.1, 0.15) is 19.8 Å². The summed E-state index contributed by atoms with van der Waals surface area (Å²) in [5.74, 6) is 0. The molecule has 0 aliphatic rings. The summed E-state index contributed by atoms with van der Waals surface area (Å²) < 4.78 is 37.7. The quantitative estimate of drug-likeness (QED) is 0.638. The molecule has 0 rings (SSSR count). The molecular formula is C7H14F3NO. The molecule has 74 valence electrons. The predicted molar refractivity (Wildman–Crippen MR) is 39.8 cm³/mol. The Morgan fingerprint density at radius 3 is 2.42 bits per heavy atom. The van der Waals surface area contributed by atoms with E-state index in [0.717, 1.165) is 13.0 Å². The molecule has 0 atom stereocenters. The van der Waals surface area contributed by atoms with Crippen molar-refractivity contribution in [2.45, 2.75) is 26.1 Å². The summed E-state index contributed by atoms with van der Waals surface area (Å²) in [5.41, 5.74) is 0. The minimum Gasteiger partial charge on any atom is -0.317 e. The first-order valence-corrected chi connectivity index (χ1v) is 3.97. The average Bonchev–Trinajstić information content (AvgIpc) is 1.94. The van der Waals surface area contributed by atoms with E-state index >= 15 is 0 Å². The van der Waals surface area contributed by atoms with Crippen molar-refractivity contribution in [3.63, 3.8) is 0 Å². The topological polar surface area (TPSA) is 21.3 Å². The molecule has 0 saturated heterocycles. The van der Waals surface area contributed by atoms with Crippen LogP contribution in [0.4, 0.5) is 13.2 Å². The molecule has 5 heteroatoms. The fourth-order valence-electron chi connectivity index (χ4n) is 0.687. The second-order valence-electron chi connectivity index (χ2n) is 2.40. The van der Waals surface area contributed by atoms with E-state index in [1.165, 1.54) is 0 Å². The Kier molecular flexibility index (Phi) is 6.10. The number of hydrogen-bond donors (Lipinski definition) is 1. The zero-order chi connectivity index (χ0) is 9.45. The van der Waals surface area contributed by atoms with Gasteiger partial charge in [-0.25, -0.2) is 0 Å². The highest BCUT2D eigenvalue weighted by atomic mass is 19.4. The monoisotopic (exact) mass is 185 g/mol. The number of ether oxygens (including phenoxy) is 1. The minimum absolute atomic E-state index is 0.264. The van der Waals surface area contributed by atoms with E-state index in [9.17, 15) is 13.2 Å². The molecule has 0 saturated carbocycles. The minimum atomic E-state index is -4.48. The van der Waals surface area contributed by atoms with Crippen LogP contribution in [0.2, 0.25) is 0 Å². The number of nitrogens with one attached hydrogen (secondary N) is 1. The number of alkyl halides is 3. The van der Waals surface area contributed by atoms with E-state index in [4.69, 9.17) is 0 Å². The lowest BCUT2D eigenvalue weighted by molar-refractivity contribution is -0.324. The zero-order valence-corrected chi connectivity index (χ0v) is 7.08. The Balaban J connectivity index is 3.01. The Hall–Kier alpha value is -0.290. The van der Waals surface area contributed by atoms with E-state index in [0.29, 0.717) is 13.0 Å². The molecule has 0 aliphatic heterocycles. The Bertz CT molecular complexity index is 105. The van der Waals surface area contributed by atoms with Crippen LogP contribution in [0, 0.1) is 0 Å². The van der Waals surface area contributed by atoms with E-state index in [1.807, 2.05) is 6.92 Å². The van der Waals surface area contributed by atoms with E-state index in [2.05, 4.69) is 10.1 Å². The maximum absolute atomic E-state index is 11.4. The maximum Gasteiger partial charge on any atom is 0.522 e. The molecule has 0 bridgehead atoms. The van der Waals surface area contributed by atoms with Crippen molar-refractivity contribution in [1.82, 2.24) is 5.32 Å². The first-order valence-electron chi connectivity index (χ1n) is 3.97. The van der Waals surface area contributed by atoms with E-state index < -0.39 is 6.36 Å². The molecule has 0 aromatic carbocycles. The Morgan fingerprint density at radius 1 is 1.25 bits per heavy atom. The second-order valence-corrected chi connectivity index (χ2v) is 2.40. The molecule has 0 aromatic heterocycles. The van der Waals surface area contributed by atoms with E-state index in [-0.39, 0.29) is 6.61 Å². The third-order valence-electron chi connectivity index (χ3n) is 1.19. The molecule has 0 unspecified atom stereocenters. The van der Waals surface area contributed by atoms with Crippen LogP contribution < -0.4 is 5.32 Å². The van der Waals surface area contributed by atoms with Crippen LogP contribution in [-0.2, 0) is 4.74 Å². The molecule has 1 N–H and O–H groups in total. The lowest BCUT2D eigenvalue weighted by atomic mass is 10.4. The summed E-state index contributed by atoms with van der Waals surface area (Å²) in [6.07, 6.45) is -3.11. The van der Waals surface area contributed by atoms with Gasteiger partial charge in [-0.2, -0.15) is 0 Å². The van der Waals surface area contributed by atoms with Gasteiger partial charge in [0.15, 0.2) is 0 Å². The van der Waals surface area contributed by atoms with Gasteiger partial charge in [0, 0.05) is 0 Å². The fraction of sp³-hybridized carbons (Fsp3) is 1.00. The molecule has 12 heavy (non-hydrogen) atoms. The molecule has 0 heterocycles. The number of hydrogen-bond acceptors (Lipinski definition) is 2. The normalized spacial score (nSPS) is 12.0.